The zero-order chi connectivity index (χ0) is 23.3. The summed E-state index contributed by atoms with van der Waals surface area (Å²) < 4.78 is 6.96. The van der Waals surface area contributed by atoms with Gasteiger partial charge >= 0.3 is 0 Å². The quantitative estimate of drug-likeness (QED) is 0.434. The van der Waals surface area contributed by atoms with Gasteiger partial charge in [0.1, 0.15) is 6.10 Å². The first-order valence-corrected chi connectivity index (χ1v) is 13.8. The summed E-state index contributed by atoms with van der Waals surface area (Å²) in [4.78, 5) is 13.5. The Labute approximate surface area is 207 Å². The fourth-order valence-corrected chi connectivity index (χ4v) is 7.38. The monoisotopic (exact) mass is 468 g/mol. The van der Waals surface area contributed by atoms with Crippen molar-refractivity contribution in [1.29, 1.82) is 0 Å². The summed E-state index contributed by atoms with van der Waals surface area (Å²) in [6.45, 7) is 3.15. The minimum atomic E-state index is -0.0349. The maximum Gasteiger partial charge on any atom is 0.156 e. The molecule has 1 aliphatic heterocycles. The average molecular weight is 469 g/mol. The third-order valence-corrected chi connectivity index (χ3v) is 9.39. The molecule has 1 saturated heterocycles. The third-order valence-electron chi connectivity index (χ3n) is 8.65. The van der Waals surface area contributed by atoms with E-state index >= 15 is 0 Å². The van der Waals surface area contributed by atoms with Gasteiger partial charge in [-0.25, -0.2) is 0 Å². The Hall–Kier alpha value is -2.36. The van der Waals surface area contributed by atoms with Crippen molar-refractivity contribution in [2.45, 2.75) is 50.0 Å². The van der Waals surface area contributed by atoms with Crippen LogP contribution in [0.15, 0.2) is 88.4 Å². The molecule has 4 aliphatic rings. The Morgan fingerprint density at radius 1 is 1.00 bits per heavy atom. The number of benzene rings is 2. The lowest BCUT2D eigenvalue weighted by molar-refractivity contribution is -0.114. The second kappa shape index (κ2) is 8.70. The molecular formula is C31H32O2S. The molecule has 0 N–H and O–H groups in total. The van der Waals surface area contributed by atoms with Crippen LogP contribution in [-0.4, -0.2) is 18.6 Å². The van der Waals surface area contributed by atoms with Gasteiger partial charge in [0.2, 0.25) is 0 Å². The highest BCUT2D eigenvalue weighted by atomic mass is 32.2. The van der Waals surface area contributed by atoms with Crippen molar-refractivity contribution >= 4 is 23.1 Å². The molecule has 4 atom stereocenters. The molecule has 0 aromatic heterocycles. The lowest BCUT2D eigenvalue weighted by atomic mass is 9.62. The largest absolute Gasteiger partial charge is 0.368 e. The number of thioether (sulfide) groups is 1. The van der Waals surface area contributed by atoms with E-state index in [1.165, 1.54) is 38.3 Å². The Kier molecular flexibility index (Phi) is 5.66. The molecule has 2 aromatic carbocycles. The van der Waals surface area contributed by atoms with Crippen molar-refractivity contribution in [2.24, 2.45) is 17.3 Å². The summed E-state index contributed by atoms with van der Waals surface area (Å²) in [7, 11) is 0. The van der Waals surface area contributed by atoms with E-state index < -0.39 is 0 Å². The third kappa shape index (κ3) is 3.56. The van der Waals surface area contributed by atoms with Crippen molar-refractivity contribution in [2.75, 3.05) is 12.9 Å². The van der Waals surface area contributed by atoms with Crippen LogP contribution in [-0.2, 0) is 9.53 Å². The maximum absolute atomic E-state index is 12.3. The fraction of sp³-hybridized carbons (Fsp3) is 0.387. The molecule has 1 fully saturated rings. The number of hydrogen-bond acceptors (Lipinski definition) is 3. The highest BCUT2D eigenvalue weighted by molar-refractivity contribution is 7.98. The first-order valence-electron chi connectivity index (χ1n) is 12.6. The molecular weight excluding hydrogens is 436 g/mol. The summed E-state index contributed by atoms with van der Waals surface area (Å²) in [5, 5.41) is 0. The van der Waals surface area contributed by atoms with Crippen molar-refractivity contribution in [3.8, 4) is 0 Å². The van der Waals surface area contributed by atoms with Gasteiger partial charge in [0, 0.05) is 16.7 Å². The number of rotatable bonds is 3. The molecule has 6 rings (SSSR count). The standard InChI is InChI=1S/C31H32O2S/c1-31-19-33-30(21-8-12-24(34-2)13-9-21)29-25-15-11-23(32)18-22(25)10-14-26(29)28(31)17-16-27(31)20-6-4-3-5-7-20/h3-9,12-13,16,18,26,28,30H,10-11,14-15,17,19H2,1-2H3/t26?,28?,30?,31-/m1/s1. The van der Waals surface area contributed by atoms with Crippen LogP contribution in [0.25, 0.3) is 5.57 Å². The number of ether oxygens (including phenoxy) is 1. The Balaban J connectivity index is 1.48. The summed E-state index contributed by atoms with van der Waals surface area (Å²) in [5.41, 5.74) is 8.17. The van der Waals surface area contributed by atoms with Crippen LogP contribution in [0.5, 0.6) is 0 Å². The number of carbonyl (C=O) groups is 1. The molecule has 174 valence electrons. The predicted octanol–water partition coefficient (Wildman–Crippen LogP) is 7.59. The lowest BCUT2D eigenvalue weighted by Crippen LogP contribution is -2.34. The average Bonchev–Trinajstić information content (AvgIpc) is 3.15. The van der Waals surface area contributed by atoms with E-state index in [0.717, 1.165) is 32.3 Å². The molecule has 0 amide bonds. The minimum absolute atomic E-state index is 0.0164. The van der Waals surface area contributed by atoms with E-state index in [9.17, 15) is 4.79 Å². The maximum atomic E-state index is 12.3. The second-order valence-corrected chi connectivity index (χ2v) is 11.3. The molecule has 0 bridgehead atoms. The molecule has 3 heteroatoms. The zero-order valence-corrected chi connectivity index (χ0v) is 20.9. The first-order chi connectivity index (χ1) is 16.6. The topological polar surface area (TPSA) is 26.3 Å². The van der Waals surface area contributed by atoms with Crippen molar-refractivity contribution in [3.05, 3.63) is 94.6 Å². The van der Waals surface area contributed by atoms with Gasteiger partial charge < -0.3 is 4.74 Å². The van der Waals surface area contributed by atoms with Gasteiger partial charge in [-0.15, -0.1) is 11.8 Å². The minimum Gasteiger partial charge on any atom is -0.368 e. The van der Waals surface area contributed by atoms with Crippen LogP contribution < -0.4 is 0 Å². The van der Waals surface area contributed by atoms with Crippen LogP contribution in [0.2, 0.25) is 0 Å². The Morgan fingerprint density at radius 2 is 1.79 bits per heavy atom. The van der Waals surface area contributed by atoms with Gasteiger partial charge in [-0.1, -0.05) is 55.5 Å². The summed E-state index contributed by atoms with van der Waals surface area (Å²) in [6, 6.07) is 19.8. The SMILES string of the molecule is CSc1ccc(C2OC[C@]3(C)C(c4ccccc4)=CCC3C3CCC4=CC(=O)CCC4=C23)cc1. The van der Waals surface area contributed by atoms with E-state index in [1.807, 2.05) is 6.08 Å². The van der Waals surface area contributed by atoms with Crippen LogP contribution in [0.1, 0.15) is 56.3 Å². The molecule has 0 radical (unpaired) electrons. The van der Waals surface area contributed by atoms with Gasteiger partial charge in [0.05, 0.1) is 6.61 Å². The van der Waals surface area contributed by atoms with Crippen molar-refractivity contribution in [3.63, 3.8) is 0 Å². The van der Waals surface area contributed by atoms with E-state index in [1.54, 1.807) is 11.8 Å². The summed E-state index contributed by atoms with van der Waals surface area (Å²) in [5.74, 6) is 1.29. The highest BCUT2D eigenvalue weighted by Gasteiger charge is 2.52. The molecule has 3 aliphatic carbocycles. The Bertz CT molecular complexity index is 1200. The van der Waals surface area contributed by atoms with Gasteiger partial charge in [0.25, 0.3) is 0 Å². The molecule has 2 aromatic rings. The van der Waals surface area contributed by atoms with E-state index in [4.69, 9.17) is 4.74 Å². The number of allylic oxidation sites excluding steroid dienone is 4. The molecule has 3 unspecified atom stereocenters. The number of hydrogen-bond donors (Lipinski definition) is 0. The lowest BCUT2D eigenvalue weighted by Gasteiger charge is -2.41. The van der Waals surface area contributed by atoms with Crippen LogP contribution in [0, 0.1) is 17.3 Å². The highest BCUT2D eigenvalue weighted by Crippen LogP contribution is 2.60. The molecule has 34 heavy (non-hydrogen) atoms. The second-order valence-electron chi connectivity index (χ2n) is 10.4. The van der Waals surface area contributed by atoms with Gasteiger partial charge in [-0.2, -0.15) is 0 Å². The fourth-order valence-electron chi connectivity index (χ4n) is 6.97. The van der Waals surface area contributed by atoms with Gasteiger partial charge in [0.15, 0.2) is 5.78 Å². The van der Waals surface area contributed by atoms with E-state index in [0.29, 0.717) is 18.3 Å². The van der Waals surface area contributed by atoms with Crippen LogP contribution in [0.4, 0.5) is 0 Å². The summed E-state index contributed by atoms with van der Waals surface area (Å²) in [6.07, 6.45) is 11.2. The van der Waals surface area contributed by atoms with Crippen molar-refractivity contribution in [1.82, 2.24) is 0 Å². The van der Waals surface area contributed by atoms with Crippen LogP contribution >= 0.6 is 11.8 Å². The molecule has 2 nitrogen and oxygen atoms in total. The van der Waals surface area contributed by atoms with Crippen molar-refractivity contribution < 1.29 is 9.53 Å². The van der Waals surface area contributed by atoms with Gasteiger partial charge in [-0.3, -0.25) is 4.79 Å². The first kappa shape index (κ1) is 22.1. The van der Waals surface area contributed by atoms with Gasteiger partial charge in [-0.05, 0) is 95.4 Å². The predicted molar refractivity (Wildman–Crippen MR) is 140 cm³/mol. The smallest absolute Gasteiger partial charge is 0.156 e. The number of fused-ring (bicyclic) bond motifs is 4. The van der Waals surface area contributed by atoms with E-state index in [2.05, 4.69) is 73.9 Å². The number of ketones is 1. The molecule has 0 saturated carbocycles. The number of carbonyl (C=O) groups excluding carboxylic acids is 1. The zero-order valence-electron chi connectivity index (χ0n) is 20.1. The molecule has 1 heterocycles. The Morgan fingerprint density at radius 3 is 2.56 bits per heavy atom. The normalized spacial score (nSPS) is 30.6. The van der Waals surface area contributed by atoms with Crippen LogP contribution in [0.3, 0.4) is 0 Å². The van der Waals surface area contributed by atoms with E-state index in [-0.39, 0.29) is 17.3 Å². The molecule has 0 spiro atoms. The summed E-state index contributed by atoms with van der Waals surface area (Å²) >= 11 is 1.77.